The highest BCUT2D eigenvalue weighted by Gasteiger charge is 2.41. The fourth-order valence-electron chi connectivity index (χ4n) is 3.76. The number of rotatable bonds is 4. The van der Waals surface area contributed by atoms with Gasteiger partial charge < -0.3 is 9.64 Å². The molecule has 0 amide bonds. The van der Waals surface area contributed by atoms with Crippen molar-refractivity contribution in [3.63, 3.8) is 0 Å². The van der Waals surface area contributed by atoms with Gasteiger partial charge in [0.15, 0.2) is 0 Å². The third-order valence-electron chi connectivity index (χ3n) is 5.00. The van der Waals surface area contributed by atoms with Crippen molar-refractivity contribution in [2.45, 2.75) is 37.8 Å². The van der Waals surface area contributed by atoms with E-state index in [2.05, 4.69) is 65.6 Å². The van der Waals surface area contributed by atoms with Crippen molar-refractivity contribution in [3.05, 3.63) is 71.8 Å². The molecule has 0 aromatic heterocycles. The van der Waals surface area contributed by atoms with Crippen LogP contribution in [0.25, 0.3) is 0 Å². The summed E-state index contributed by atoms with van der Waals surface area (Å²) in [6, 6.07) is 22.4. The summed E-state index contributed by atoms with van der Waals surface area (Å²) in [4.78, 5) is 7.19. The van der Waals surface area contributed by atoms with Crippen molar-refractivity contribution in [2.24, 2.45) is 4.99 Å². The zero-order chi connectivity index (χ0) is 16.2. The minimum atomic E-state index is 0.127. The molecule has 0 N–H and O–H groups in total. The van der Waals surface area contributed by atoms with E-state index in [4.69, 9.17) is 9.73 Å². The van der Waals surface area contributed by atoms with Crippen LogP contribution in [0, 0.1) is 0 Å². The van der Waals surface area contributed by atoms with Gasteiger partial charge in [0.25, 0.3) is 6.02 Å². The van der Waals surface area contributed by atoms with Crippen molar-refractivity contribution in [3.8, 4) is 0 Å². The van der Waals surface area contributed by atoms with E-state index in [1.807, 2.05) is 0 Å². The molecule has 2 aliphatic rings. The number of fused-ring (bicyclic) bond motifs is 1. The summed E-state index contributed by atoms with van der Waals surface area (Å²) in [6.07, 6.45) is 4.80. The standard InChI is InChI=1S/C21H24N2O/c1-3-9-17(10-4-1)14-15-22-21-23-16-8-7-13-19(23)20(24-21)18-11-5-2-6-12-18/h1-6,9-12,19-20H,7-8,13-16H2/t19-,20-/m1/s1. The van der Waals surface area contributed by atoms with Gasteiger partial charge in [-0.2, -0.15) is 0 Å². The molecule has 24 heavy (non-hydrogen) atoms. The maximum atomic E-state index is 6.31. The molecular weight excluding hydrogens is 296 g/mol. The lowest BCUT2D eigenvalue weighted by molar-refractivity contribution is 0.168. The normalized spacial score (nSPS) is 24.7. The number of hydrogen-bond acceptors (Lipinski definition) is 2. The highest BCUT2D eigenvalue weighted by Crippen LogP contribution is 2.37. The lowest BCUT2D eigenvalue weighted by atomic mass is 9.94. The summed E-state index contributed by atoms with van der Waals surface area (Å²) in [7, 11) is 0. The van der Waals surface area contributed by atoms with E-state index in [9.17, 15) is 0 Å². The van der Waals surface area contributed by atoms with E-state index in [1.165, 1.54) is 30.4 Å². The summed E-state index contributed by atoms with van der Waals surface area (Å²) >= 11 is 0. The Morgan fingerprint density at radius 1 is 0.958 bits per heavy atom. The van der Waals surface area contributed by atoms with Gasteiger partial charge >= 0.3 is 0 Å². The highest BCUT2D eigenvalue weighted by atomic mass is 16.5. The monoisotopic (exact) mass is 320 g/mol. The van der Waals surface area contributed by atoms with E-state index in [0.29, 0.717) is 6.04 Å². The van der Waals surface area contributed by atoms with E-state index in [1.54, 1.807) is 0 Å². The SMILES string of the molecule is c1ccc(CCN=C2O[C@H](c3ccccc3)[C@H]3CCCCN23)cc1. The van der Waals surface area contributed by atoms with Crippen molar-refractivity contribution in [1.82, 2.24) is 4.90 Å². The average Bonchev–Trinajstić information content (AvgIpc) is 3.02. The number of benzene rings is 2. The first-order chi connectivity index (χ1) is 11.9. The van der Waals surface area contributed by atoms with Gasteiger partial charge in [0.1, 0.15) is 6.10 Å². The number of hydrogen-bond donors (Lipinski definition) is 0. The zero-order valence-corrected chi connectivity index (χ0v) is 14.0. The molecule has 2 heterocycles. The Balaban J connectivity index is 1.49. The van der Waals surface area contributed by atoms with Gasteiger partial charge in [-0.05, 0) is 36.8 Å². The molecule has 0 unspecified atom stereocenters. The maximum Gasteiger partial charge on any atom is 0.288 e. The Hall–Kier alpha value is -2.29. The Morgan fingerprint density at radius 3 is 2.50 bits per heavy atom. The quantitative estimate of drug-likeness (QED) is 0.843. The van der Waals surface area contributed by atoms with Gasteiger partial charge in [-0.25, -0.2) is 4.99 Å². The lowest BCUT2D eigenvalue weighted by Crippen LogP contribution is -2.39. The molecule has 0 saturated carbocycles. The highest BCUT2D eigenvalue weighted by molar-refractivity contribution is 5.77. The number of aliphatic imine (C=N–C) groups is 1. The Kier molecular flexibility index (Phi) is 4.50. The van der Waals surface area contributed by atoms with Crippen LogP contribution in [-0.2, 0) is 11.2 Å². The van der Waals surface area contributed by atoms with Crippen LogP contribution in [0.15, 0.2) is 65.7 Å². The Labute approximate surface area is 144 Å². The van der Waals surface area contributed by atoms with Gasteiger partial charge in [-0.1, -0.05) is 60.7 Å². The number of amidine groups is 1. The first kappa shape index (κ1) is 15.3. The minimum Gasteiger partial charge on any atom is -0.455 e. The van der Waals surface area contributed by atoms with Crippen LogP contribution < -0.4 is 0 Å². The molecule has 2 aromatic carbocycles. The van der Waals surface area contributed by atoms with Crippen LogP contribution in [-0.4, -0.2) is 30.1 Å². The van der Waals surface area contributed by atoms with Gasteiger partial charge in [0.05, 0.1) is 6.04 Å². The summed E-state index contributed by atoms with van der Waals surface area (Å²) in [6.45, 7) is 1.85. The van der Waals surface area contributed by atoms with Gasteiger partial charge in [-0.15, -0.1) is 0 Å². The fraction of sp³-hybridized carbons (Fsp3) is 0.381. The van der Waals surface area contributed by atoms with Crippen molar-refractivity contribution < 1.29 is 4.74 Å². The summed E-state index contributed by atoms with van der Waals surface area (Å²) < 4.78 is 6.31. The number of nitrogens with zero attached hydrogens (tertiary/aromatic N) is 2. The molecule has 3 nitrogen and oxygen atoms in total. The molecule has 0 aliphatic carbocycles. The fourth-order valence-corrected chi connectivity index (χ4v) is 3.76. The van der Waals surface area contributed by atoms with Crippen LogP contribution in [0.3, 0.4) is 0 Å². The molecule has 2 atom stereocenters. The largest absolute Gasteiger partial charge is 0.455 e. The Bertz CT molecular complexity index is 683. The van der Waals surface area contributed by atoms with Gasteiger partial charge in [0, 0.05) is 13.1 Å². The van der Waals surface area contributed by atoms with E-state index >= 15 is 0 Å². The average molecular weight is 320 g/mol. The molecule has 2 saturated heterocycles. The second-order valence-corrected chi connectivity index (χ2v) is 6.61. The van der Waals surface area contributed by atoms with Gasteiger partial charge in [0.2, 0.25) is 0 Å². The van der Waals surface area contributed by atoms with Crippen LogP contribution in [0.5, 0.6) is 0 Å². The smallest absolute Gasteiger partial charge is 0.288 e. The van der Waals surface area contributed by atoms with Crippen molar-refractivity contribution >= 4 is 6.02 Å². The van der Waals surface area contributed by atoms with Crippen molar-refractivity contribution in [2.75, 3.05) is 13.1 Å². The molecule has 124 valence electrons. The summed E-state index contributed by atoms with van der Waals surface area (Å²) in [5.41, 5.74) is 2.59. The Morgan fingerprint density at radius 2 is 1.71 bits per heavy atom. The molecule has 0 bridgehead atoms. The van der Waals surface area contributed by atoms with Crippen LogP contribution in [0.1, 0.15) is 36.5 Å². The van der Waals surface area contributed by atoms with E-state index in [-0.39, 0.29) is 6.10 Å². The maximum absolute atomic E-state index is 6.31. The van der Waals surface area contributed by atoms with Crippen molar-refractivity contribution in [1.29, 1.82) is 0 Å². The molecule has 2 aliphatic heterocycles. The predicted molar refractivity (Wildman–Crippen MR) is 97.1 cm³/mol. The molecule has 2 aromatic rings. The summed E-state index contributed by atoms with van der Waals surface area (Å²) in [5.74, 6) is 0. The van der Waals surface area contributed by atoms with Crippen LogP contribution in [0.2, 0.25) is 0 Å². The van der Waals surface area contributed by atoms with Crippen LogP contribution in [0.4, 0.5) is 0 Å². The third kappa shape index (κ3) is 3.16. The van der Waals surface area contributed by atoms with E-state index in [0.717, 1.165) is 25.5 Å². The third-order valence-corrected chi connectivity index (χ3v) is 5.00. The summed E-state index contributed by atoms with van der Waals surface area (Å²) in [5, 5.41) is 0. The lowest BCUT2D eigenvalue weighted by Gasteiger charge is -2.30. The number of ether oxygens (including phenoxy) is 1. The molecule has 0 spiro atoms. The van der Waals surface area contributed by atoms with Crippen LogP contribution >= 0.6 is 0 Å². The first-order valence-electron chi connectivity index (χ1n) is 8.98. The number of piperidine rings is 1. The predicted octanol–water partition coefficient (Wildman–Crippen LogP) is 4.21. The second kappa shape index (κ2) is 7.08. The molecule has 3 heteroatoms. The first-order valence-corrected chi connectivity index (χ1v) is 8.98. The van der Waals surface area contributed by atoms with E-state index < -0.39 is 0 Å². The molecule has 0 radical (unpaired) electrons. The molecular formula is C21H24N2O. The molecule has 2 fully saturated rings. The van der Waals surface area contributed by atoms with Gasteiger partial charge in [-0.3, -0.25) is 0 Å². The topological polar surface area (TPSA) is 24.8 Å². The second-order valence-electron chi connectivity index (χ2n) is 6.61. The minimum absolute atomic E-state index is 0.127. The molecule has 4 rings (SSSR count). The zero-order valence-electron chi connectivity index (χ0n) is 14.0.